The van der Waals surface area contributed by atoms with Crippen LogP contribution in [0, 0.1) is 15.4 Å². The van der Waals surface area contributed by atoms with E-state index in [2.05, 4.69) is 89.1 Å². The summed E-state index contributed by atoms with van der Waals surface area (Å²) in [4.78, 5) is 13.2. The number of carbonyl (C=O) groups is 1. The minimum absolute atomic E-state index is 0.0181. The van der Waals surface area contributed by atoms with E-state index >= 15 is 0 Å². The fourth-order valence-corrected chi connectivity index (χ4v) is 5.52. The van der Waals surface area contributed by atoms with Crippen LogP contribution >= 0.6 is 22.6 Å². The number of benzene rings is 2. The monoisotopic (exact) mass is 547 g/mol. The number of aliphatic carboxylic acids is 1. The van der Waals surface area contributed by atoms with Crippen LogP contribution in [0.25, 0.3) is 0 Å². The van der Waals surface area contributed by atoms with Crippen LogP contribution in [0.4, 0.5) is 5.69 Å². The lowest BCUT2D eigenvalue weighted by Crippen LogP contribution is -2.46. The first-order valence-corrected chi connectivity index (χ1v) is 12.3. The molecule has 1 heterocycles. The Morgan fingerprint density at radius 3 is 2.50 bits per heavy atom. The zero-order valence-electron chi connectivity index (χ0n) is 18.1. The first kappa shape index (κ1) is 23.3. The predicted octanol–water partition coefficient (Wildman–Crippen LogP) is 4.41. The van der Waals surface area contributed by atoms with Gasteiger partial charge in [-0.05, 0) is 70.7 Å². The van der Waals surface area contributed by atoms with Crippen LogP contribution in [0.3, 0.4) is 0 Å². The molecule has 1 aliphatic carbocycles. The van der Waals surface area contributed by atoms with Crippen LogP contribution in [-0.2, 0) is 4.79 Å². The molecule has 1 aliphatic heterocycles. The number of aliphatic hydroxyl groups is 2. The van der Waals surface area contributed by atoms with Crippen LogP contribution < -0.4 is 4.90 Å². The smallest absolute Gasteiger partial charge is 0.305 e. The number of rotatable bonds is 8. The lowest BCUT2D eigenvalue weighted by atomic mass is 9.71. The van der Waals surface area contributed by atoms with Crippen molar-refractivity contribution in [3.63, 3.8) is 0 Å². The molecule has 4 rings (SSSR count). The molecule has 1 fully saturated rings. The summed E-state index contributed by atoms with van der Waals surface area (Å²) in [5, 5.41) is 29.3. The van der Waals surface area contributed by atoms with Gasteiger partial charge in [-0.2, -0.15) is 0 Å². The number of nitrogens with zero attached hydrogens (tertiary/aromatic N) is 1. The summed E-state index contributed by atoms with van der Waals surface area (Å²) in [6.45, 7) is 0. The summed E-state index contributed by atoms with van der Waals surface area (Å²) in [6, 6.07) is 17.6. The lowest BCUT2D eigenvalue weighted by Gasteiger charge is -2.46. The maximum absolute atomic E-state index is 10.8. The summed E-state index contributed by atoms with van der Waals surface area (Å²) >= 11 is 2.32. The van der Waals surface area contributed by atoms with Crippen molar-refractivity contribution >= 4 is 34.2 Å². The highest BCUT2D eigenvalue weighted by atomic mass is 127. The summed E-state index contributed by atoms with van der Waals surface area (Å²) in [7, 11) is 2.17. The molecule has 5 unspecified atom stereocenters. The molecule has 5 atom stereocenters. The number of hydrogen-bond acceptors (Lipinski definition) is 4. The van der Waals surface area contributed by atoms with Gasteiger partial charge in [0.1, 0.15) is 0 Å². The van der Waals surface area contributed by atoms with Gasteiger partial charge in [0.05, 0.1) is 18.6 Å². The van der Waals surface area contributed by atoms with Crippen molar-refractivity contribution < 1.29 is 20.1 Å². The van der Waals surface area contributed by atoms with Gasteiger partial charge >= 0.3 is 5.97 Å². The second-order valence-corrected chi connectivity index (χ2v) is 10.3. The Kier molecular flexibility index (Phi) is 7.22. The van der Waals surface area contributed by atoms with E-state index in [4.69, 9.17) is 5.11 Å². The van der Waals surface area contributed by atoms with E-state index in [1.54, 1.807) is 6.08 Å². The summed E-state index contributed by atoms with van der Waals surface area (Å²) < 4.78 is 1.20. The summed E-state index contributed by atoms with van der Waals surface area (Å²) in [6.07, 6.45) is 3.99. The van der Waals surface area contributed by atoms with Gasteiger partial charge in [-0.1, -0.05) is 42.5 Å². The van der Waals surface area contributed by atoms with E-state index in [9.17, 15) is 15.0 Å². The van der Waals surface area contributed by atoms with E-state index in [-0.39, 0.29) is 24.7 Å². The largest absolute Gasteiger partial charge is 0.481 e. The number of hydrogen-bond donors (Lipinski definition) is 3. The third kappa shape index (κ3) is 5.18. The molecule has 3 N–H and O–H groups in total. The zero-order valence-corrected chi connectivity index (χ0v) is 20.3. The molecule has 170 valence electrons. The van der Waals surface area contributed by atoms with Crippen molar-refractivity contribution in [1.82, 2.24) is 0 Å². The standard InChI is InChI=1S/C26H30INO4/c1-28-23-5-3-2-4-21(23)25(16-8-10-18(27)11-9-16)22(26(28)17-6-7-17)13-12-19(29)14-20(30)15-24(31)32/h2-5,8-13,17,19-20,22,25-26,29-30H,6-7,14-15H2,1H3,(H,31,32)/b13-12+. The Morgan fingerprint density at radius 1 is 1.16 bits per heavy atom. The average Bonchev–Trinajstić information content (AvgIpc) is 3.58. The molecule has 2 aromatic carbocycles. The van der Waals surface area contributed by atoms with Crippen molar-refractivity contribution in [2.24, 2.45) is 11.8 Å². The molecule has 0 aromatic heterocycles. The molecule has 0 amide bonds. The van der Waals surface area contributed by atoms with E-state index in [0.717, 1.165) is 0 Å². The summed E-state index contributed by atoms with van der Waals surface area (Å²) in [5.41, 5.74) is 3.80. The molecular weight excluding hydrogens is 517 g/mol. The fraction of sp³-hybridized carbons (Fsp3) is 0.423. The molecule has 0 spiro atoms. The third-order valence-corrected chi connectivity index (χ3v) is 7.41. The number of aliphatic hydroxyl groups excluding tert-OH is 2. The van der Waals surface area contributed by atoms with E-state index < -0.39 is 18.2 Å². The minimum atomic E-state index is -1.06. The molecule has 0 radical (unpaired) electrons. The Labute approximate surface area is 202 Å². The van der Waals surface area contributed by atoms with Crippen molar-refractivity contribution in [2.45, 2.75) is 49.9 Å². The molecule has 2 aliphatic rings. The van der Waals surface area contributed by atoms with E-state index in [1.165, 1.54) is 33.2 Å². The Hall–Kier alpha value is -1.90. The number of carboxylic acids is 1. The highest BCUT2D eigenvalue weighted by Crippen LogP contribution is 2.51. The molecule has 2 aromatic rings. The van der Waals surface area contributed by atoms with Crippen LogP contribution in [0.5, 0.6) is 0 Å². The third-order valence-electron chi connectivity index (χ3n) is 6.69. The second-order valence-electron chi connectivity index (χ2n) is 9.04. The van der Waals surface area contributed by atoms with Crippen LogP contribution in [0.2, 0.25) is 0 Å². The number of carboxylic acid groups (broad SMARTS) is 1. The molecule has 0 saturated heterocycles. The zero-order chi connectivity index (χ0) is 22.8. The molecule has 32 heavy (non-hydrogen) atoms. The van der Waals surface area contributed by atoms with Gasteiger partial charge in [-0.15, -0.1) is 0 Å². The van der Waals surface area contributed by atoms with Gasteiger partial charge in [0, 0.05) is 40.6 Å². The second kappa shape index (κ2) is 9.93. The van der Waals surface area contributed by atoms with Gasteiger partial charge in [-0.25, -0.2) is 0 Å². The first-order valence-electron chi connectivity index (χ1n) is 11.2. The lowest BCUT2D eigenvalue weighted by molar-refractivity contribution is -0.139. The Bertz CT molecular complexity index is 972. The Balaban J connectivity index is 1.69. The van der Waals surface area contributed by atoms with Gasteiger partial charge in [-0.3, -0.25) is 4.79 Å². The van der Waals surface area contributed by atoms with Gasteiger partial charge in [0.2, 0.25) is 0 Å². The van der Waals surface area contributed by atoms with Gasteiger partial charge in [0.15, 0.2) is 0 Å². The predicted molar refractivity (Wildman–Crippen MR) is 134 cm³/mol. The number of fused-ring (bicyclic) bond motifs is 1. The van der Waals surface area contributed by atoms with E-state index in [1.807, 2.05) is 0 Å². The summed E-state index contributed by atoms with van der Waals surface area (Å²) in [5.74, 6) is -0.123. The minimum Gasteiger partial charge on any atom is -0.481 e. The average molecular weight is 547 g/mol. The number of halogens is 1. The van der Waals surface area contributed by atoms with Crippen molar-refractivity contribution in [3.8, 4) is 0 Å². The fourth-order valence-electron chi connectivity index (χ4n) is 5.16. The molecule has 5 nitrogen and oxygen atoms in total. The maximum atomic E-state index is 10.8. The van der Waals surface area contributed by atoms with Crippen molar-refractivity contribution in [1.29, 1.82) is 0 Å². The molecular formula is C26H30INO4. The highest BCUT2D eigenvalue weighted by Gasteiger charge is 2.46. The van der Waals surface area contributed by atoms with Crippen LogP contribution in [-0.4, -0.2) is 46.6 Å². The van der Waals surface area contributed by atoms with Crippen LogP contribution in [0.1, 0.15) is 42.7 Å². The van der Waals surface area contributed by atoms with Gasteiger partial charge < -0.3 is 20.2 Å². The maximum Gasteiger partial charge on any atom is 0.305 e. The number of anilines is 1. The SMILES string of the molecule is CN1c2ccccc2C(c2ccc(I)cc2)C(/C=C/C(O)CC(O)CC(=O)O)C1C1CC1. The Morgan fingerprint density at radius 2 is 1.84 bits per heavy atom. The van der Waals surface area contributed by atoms with Gasteiger partial charge in [0.25, 0.3) is 0 Å². The van der Waals surface area contributed by atoms with E-state index in [0.29, 0.717) is 12.0 Å². The first-order chi connectivity index (χ1) is 15.3. The van der Waals surface area contributed by atoms with Crippen molar-refractivity contribution in [2.75, 3.05) is 11.9 Å². The van der Waals surface area contributed by atoms with Crippen molar-refractivity contribution in [3.05, 3.63) is 75.4 Å². The quantitative estimate of drug-likeness (QED) is 0.337. The molecule has 6 heteroatoms. The molecule has 0 bridgehead atoms. The van der Waals surface area contributed by atoms with Crippen LogP contribution in [0.15, 0.2) is 60.7 Å². The topological polar surface area (TPSA) is 81.0 Å². The normalized spacial score (nSPS) is 24.9. The molecule has 1 saturated carbocycles. The number of para-hydroxylation sites is 1. The highest BCUT2D eigenvalue weighted by molar-refractivity contribution is 14.1.